The predicted molar refractivity (Wildman–Crippen MR) is 35.1 cm³/mol. The maximum Gasteiger partial charge on any atom is 0.750 e. The molecule has 1 aliphatic heterocycles. The summed E-state index contributed by atoms with van der Waals surface area (Å²) < 4.78 is 33.5. The third-order valence-electron chi connectivity index (χ3n) is 0.690. The second kappa shape index (κ2) is 5.65. The van der Waals surface area contributed by atoms with E-state index < -0.39 is 29.4 Å². The first kappa shape index (κ1) is 12.0. The van der Waals surface area contributed by atoms with E-state index in [2.05, 4.69) is 13.4 Å². The van der Waals surface area contributed by atoms with Crippen molar-refractivity contribution in [3.8, 4) is 0 Å². The Morgan fingerprint density at radius 2 is 1.73 bits per heavy atom. The second-order valence-corrected chi connectivity index (χ2v) is 3.32. The second-order valence-electron chi connectivity index (χ2n) is 1.35. The molecule has 2 atom stereocenters. The van der Waals surface area contributed by atoms with E-state index in [0.29, 0.717) is 0 Å². The summed E-state index contributed by atoms with van der Waals surface area (Å²) >= 11 is 0. The van der Waals surface area contributed by atoms with Gasteiger partial charge in [-0.05, 0) is 0 Å². The molecular formula is C2H4NaO6P2+2. The van der Waals surface area contributed by atoms with Crippen LogP contribution in [0.4, 0.5) is 0 Å². The third-order valence-corrected chi connectivity index (χ3v) is 2.57. The summed E-state index contributed by atoms with van der Waals surface area (Å²) in [5, 5.41) is 8.36. The van der Waals surface area contributed by atoms with Gasteiger partial charge < -0.3 is 5.11 Å². The van der Waals surface area contributed by atoms with E-state index in [0.717, 1.165) is 0 Å². The first-order chi connectivity index (χ1) is 4.72. The molecular weight excluding hydrogens is 205 g/mol. The summed E-state index contributed by atoms with van der Waals surface area (Å²) in [5.41, 5.74) is 0. The van der Waals surface area contributed by atoms with Crippen molar-refractivity contribution in [3.63, 3.8) is 0 Å². The standard InChI is InChI=1S/C2H4O6P2.Na/c3-1-2-6-9(4)8-10(5)7-2;/h2-3H,1H2;/q+2;. The van der Waals surface area contributed by atoms with Gasteiger partial charge in [-0.25, -0.2) is 0 Å². The van der Waals surface area contributed by atoms with Crippen molar-refractivity contribution in [1.82, 2.24) is 0 Å². The van der Waals surface area contributed by atoms with Crippen LogP contribution in [0.25, 0.3) is 0 Å². The van der Waals surface area contributed by atoms with Crippen LogP contribution in [-0.2, 0) is 22.5 Å². The quantitative estimate of drug-likeness (QED) is 0.494. The Morgan fingerprint density at radius 1 is 1.27 bits per heavy atom. The van der Waals surface area contributed by atoms with Crippen molar-refractivity contribution >= 4 is 46.1 Å². The predicted octanol–water partition coefficient (Wildman–Crippen LogP) is 0.302. The topological polar surface area (TPSA) is 82.1 Å². The van der Waals surface area contributed by atoms with Crippen LogP contribution in [0.1, 0.15) is 0 Å². The number of hydrogen-bond donors (Lipinski definition) is 1. The minimum atomic E-state index is -2.39. The Kier molecular flexibility index (Phi) is 6.18. The zero-order valence-electron chi connectivity index (χ0n) is 5.67. The number of hydrogen-bond acceptors (Lipinski definition) is 6. The van der Waals surface area contributed by atoms with Gasteiger partial charge in [0.05, 0.1) is 0 Å². The average Bonchev–Trinajstić information content (AvgIpc) is 1.85. The van der Waals surface area contributed by atoms with Crippen molar-refractivity contribution in [2.45, 2.75) is 6.29 Å². The van der Waals surface area contributed by atoms with Gasteiger partial charge in [-0.2, -0.15) is 0 Å². The van der Waals surface area contributed by atoms with Crippen molar-refractivity contribution in [2.75, 3.05) is 6.61 Å². The summed E-state index contributed by atoms with van der Waals surface area (Å²) in [6.45, 7) is -0.495. The van der Waals surface area contributed by atoms with Crippen LogP contribution in [0.5, 0.6) is 0 Å². The van der Waals surface area contributed by atoms with Crippen LogP contribution in [0.2, 0.25) is 0 Å². The van der Waals surface area contributed by atoms with Gasteiger partial charge in [0.1, 0.15) is 6.61 Å². The van der Waals surface area contributed by atoms with Crippen LogP contribution >= 0.6 is 16.5 Å². The number of aliphatic hydroxyl groups excluding tert-OH is 1. The molecule has 57 valence electrons. The summed E-state index contributed by atoms with van der Waals surface area (Å²) in [6, 6.07) is 0. The minimum Gasteiger partial charge on any atom is -0.391 e. The van der Waals surface area contributed by atoms with Gasteiger partial charge >= 0.3 is 16.5 Å². The molecule has 0 bridgehead atoms. The molecule has 1 N–H and O–H groups in total. The molecule has 1 fully saturated rings. The molecule has 0 aromatic heterocycles. The Balaban J connectivity index is 0.000001000. The van der Waals surface area contributed by atoms with Crippen LogP contribution in [0, 0.1) is 0 Å². The molecule has 1 radical (unpaired) electrons. The normalized spacial score (nSPS) is 31.2. The van der Waals surface area contributed by atoms with Crippen LogP contribution in [-0.4, -0.2) is 47.6 Å². The zero-order chi connectivity index (χ0) is 7.56. The van der Waals surface area contributed by atoms with Gasteiger partial charge in [-0.3, -0.25) is 0 Å². The Bertz CT molecular complexity index is 156. The van der Waals surface area contributed by atoms with E-state index in [1.807, 2.05) is 0 Å². The monoisotopic (exact) mass is 209 g/mol. The summed E-state index contributed by atoms with van der Waals surface area (Å²) in [6.07, 6.45) is -1.10. The van der Waals surface area contributed by atoms with E-state index in [4.69, 9.17) is 5.11 Å². The Labute approximate surface area is 86.4 Å². The molecule has 0 spiro atoms. The fourth-order valence-corrected chi connectivity index (χ4v) is 1.79. The number of aliphatic hydroxyl groups is 1. The maximum absolute atomic E-state index is 10.4. The van der Waals surface area contributed by atoms with Crippen molar-refractivity contribution < 1.29 is 27.6 Å². The molecule has 6 nitrogen and oxygen atoms in total. The van der Waals surface area contributed by atoms with Gasteiger partial charge in [0.25, 0.3) is 6.29 Å². The fourth-order valence-electron chi connectivity index (χ4n) is 0.371. The molecule has 0 amide bonds. The van der Waals surface area contributed by atoms with E-state index in [1.165, 1.54) is 0 Å². The molecule has 0 aromatic rings. The molecule has 1 aliphatic rings. The third kappa shape index (κ3) is 3.99. The van der Waals surface area contributed by atoms with E-state index in [-0.39, 0.29) is 29.6 Å². The molecule has 1 saturated heterocycles. The van der Waals surface area contributed by atoms with Gasteiger partial charge in [0.2, 0.25) is 0 Å². The maximum atomic E-state index is 10.4. The van der Waals surface area contributed by atoms with Gasteiger partial charge in [0, 0.05) is 38.7 Å². The molecule has 1 rings (SSSR count). The number of rotatable bonds is 1. The van der Waals surface area contributed by atoms with Crippen LogP contribution in [0.3, 0.4) is 0 Å². The van der Waals surface area contributed by atoms with Crippen LogP contribution in [0.15, 0.2) is 0 Å². The molecule has 2 unspecified atom stereocenters. The summed E-state index contributed by atoms with van der Waals surface area (Å²) in [5.74, 6) is 0. The molecule has 11 heavy (non-hydrogen) atoms. The molecule has 1 heterocycles. The molecule has 0 saturated carbocycles. The largest absolute Gasteiger partial charge is 0.750 e. The Hall–Kier alpha value is 1.04. The molecule has 9 heteroatoms. The zero-order valence-corrected chi connectivity index (χ0v) is 9.46. The van der Waals surface area contributed by atoms with Crippen molar-refractivity contribution in [1.29, 1.82) is 0 Å². The average molecular weight is 209 g/mol. The molecule has 0 aliphatic carbocycles. The molecule has 0 aromatic carbocycles. The summed E-state index contributed by atoms with van der Waals surface area (Å²) in [7, 11) is -4.79. The first-order valence-electron chi connectivity index (χ1n) is 2.29. The van der Waals surface area contributed by atoms with E-state index in [1.54, 1.807) is 0 Å². The van der Waals surface area contributed by atoms with Crippen LogP contribution < -0.4 is 0 Å². The van der Waals surface area contributed by atoms with Gasteiger partial charge in [0.15, 0.2) is 4.31 Å². The smallest absolute Gasteiger partial charge is 0.391 e. The van der Waals surface area contributed by atoms with Crippen molar-refractivity contribution in [2.24, 2.45) is 0 Å². The minimum absolute atomic E-state index is 0. The first-order valence-corrected chi connectivity index (χ1v) is 4.48. The summed E-state index contributed by atoms with van der Waals surface area (Å²) in [4.78, 5) is 0. The van der Waals surface area contributed by atoms with Gasteiger partial charge in [-0.15, -0.1) is 0 Å². The van der Waals surface area contributed by atoms with E-state index in [9.17, 15) is 9.13 Å². The van der Waals surface area contributed by atoms with Gasteiger partial charge in [-0.1, -0.05) is 9.05 Å². The fraction of sp³-hybridized carbons (Fsp3) is 1.00. The Morgan fingerprint density at radius 3 is 2.09 bits per heavy atom. The van der Waals surface area contributed by atoms with E-state index >= 15 is 0 Å². The van der Waals surface area contributed by atoms with Crippen molar-refractivity contribution in [3.05, 3.63) is 0 Å². The SMILES string of the molecule is O=[P+]1OC(CO)O[P+](=O)O1.[Na].